The fourth-order valence-electron chi connectivity index (χ4n) is 2.96. The summed E-state index contributed by atoms with van der Waals surface area (Å²) in [4.78, 5) is 32.6. The van der Waals surface area contributed by atoms with Gasteiger partial charge in [0.2, 0.25) is 0 Å². The van der Waals surface area contributed by atoms with Crippen LogP contribution in [0.25, 0.3) is 11.7 Å². The predicted molar refractivity (Wildman–Crippen MR) is 121 cm³/mol. The highest BCUT2D eigenvalue weighted by atomic mass is 32.2. The number of thiocarbonyl (C=S) groups is 1. The van der Waals surface area contributed by atoms with Crippen LogP contribution < -0.4 is 10.9 Å². The Labute approximate surface area is 179 Å². The van der Waals surface area contributed by atoms with Crippen molar-refractivity contribution in [3.05, 3.63) is 44.7 Å². The van der Waals surface area contributed by atoms with Crippen LogP contribution in [0.4, 0.5) is 5.82 Å². The van der Waals surface area contributed by atoms with Crippen molar-refractivity contribution < 1.29 is 9.53 Å². The maximum absolute atomic E-state index is 13.2. The van der Waals surface area contributed by atoms with Crippen molar-refractivity contribution in [2.75, 3.05) is 32.1 Å². The molecule has 1 saturated heterocycles. The molecule has 7 nitrogen and oxygen atoms in total. The fraction of sp³-hybridized carbons (Fsp3) is 0.400. The molecule has 0 aromatic carbocycles. The smallest absolute Gasteiger partial charge is 0.267 e. The third-order valence-electron chi connectivity index (χ3n) is 4.43. The normalized spacial score (nSPS) is 15.7. The van der Waals surface area contributed by atoms with Crippen molar-refractivity contribution in [1.82, 2.24) is 14.3 Å². The molecule has 1 fully saturated rings. The number of pyridine rings is 1. The minimum absolute atomic E-state index is 0.189. The van der Waals surface area contributed by atoms with Crippen molar-refractivity contribution in [2.24, 2.45) is 0 Å². The van der Waals surface area contributed by atoms with Crippen LogP contribution >= 0.6 is 24.0 Å². The van der Waals surface area contributed by atoms with Gasteiger partial charge in [-0.2, -0.15) is 0 Å². The minimum atomic E-state index is -0.220. The molecule has 2 aromatic rings. The van der Waals surface area contributed by atoms with Crippen LogP contribution in [0, 0.1) is 6.92 Å². The Morgan fingerprint density at radius 2 is 2.14 bits per heavy atom. The number of hydrogen-bond donors (Lipinski definition) is 1. The summed E-state index contributed by atoms with van der Waals surface area (Å²) >= 11 is 6.57. The Morgan fingerprint density at radius 3 is 2.86 bits per heavy atom. The first kappa shape index (κ1) is 21.5. The van der Waals surface area contributed by atoms with E-state index in [0.717, 1.165) is 12.0 Å². The third-order valence-corrected chi connectivity index (χ3v) is 5.80. The summed E-state index contributed by atoms with van der Waals surface area (Å²) in [5.41, 5.74) is 1.65. The summed E-state index contributed by atoms with van der Waals surface area (Å²) in [6.45, 7) is 5.67. The summed E-state index contributed by atoms with van der Waals surface area (Å²) < 4.78 is 7.05. The van der Waals surface area contributed by atoms with E-state index in [0.29, 0.717) is 52.4 Å². The van der Waals surface area contributed by atoms with Gasteiger partial charge in [0.15, 0.2) is 0 Å². The molecular weight excluding hydrogens is 408 g/mol. The van der Waals surface area contributed by atoms with Gasteiger partial charge in [0.1, 0.15) is 15.8 Å². The Morgan fingerprint density at radius 1 is 1.34 bits per heavy atom. The number of hydrogen-bond acceptors (Lipinski definition) is 7. The van der Waals surface area contributed by atoms with E-state index in [1.54, 1.807) is 24.3 Å². The lowest BCUT2D eigenvalue weighted by Gasteiger charge is -2.13. The molecule has 0 bridgehead atoms. The molecule has 29 heavy (non-hydrogen) atoms. The van der Waals surface area contributed by atoms with Gasteiger partial charge in [0.05, 0.1) is 10.5 Å². The number of rotatable bonds is 8. The molecule has 3 rings (SSSR count). The van der Waals surface area contributed by atoms with E-state index in [1.165, 1.54) is 16.2 Å². The molecule has 0 radical (unpaired) electrons. The maximum atomic E-state index is 13.2. The molecule has 0 unspecified atom stereocenters. The van der Waals surface area contributed by atoms with Crippen LogP contribution in [-0.4, -0.2) is 51.3 Å². The highest BCUT2D eigenvalue weighted by molar-refractivity contribution is 8.26. The number of fused-ring (bicyclic) bond motifs is 1. The number of methoxy groups -OCH3 is 1. The molecular formula is C20H24N4O3S2. The lowest BCUT2D eigenvalue weighted by atomic mass is 10.2. The standard InChI is InChI=1S/C20H24N4O3S2/c1-4-8-21-17-14(18(25)24-12-13(2)6-7-16(24)22-17)11-15-19(26)23(20(28)29-15)9-5-10-27-3/h6-7,11-12,21H,4-5,8-10H2,1-3H3/b15-11+. The van der Waals surface area contributed by atoms with E-state index < -0.39 is 0 Å². The zero-order chi connectivity index (χ0) is 21.0. The van der Waals surface area contributed by atoms with Gasteiger partial charge in [0, 0.05) is 33.0 Å². The summed E-state index contributed by atoms with van der Waals surface area (Å²) in [5, 5.41) is 3.21. The number of carbonyl (C=O) groups excluding carboxylic acids is 1. The van der Waals surface area contributed by atoms with Crippen molar-refractivity contribution in [2.45, 2.75) is 26.7 Å². The number of thioether (sulfide) groups is 1. The maximum Gasteiger partial charge on any atom is 0.267 e. The Kier molecular flexibility index (Phi) is 7.05. The number of nitrogens with zero attached hydrogens (tertiary/aromatic N) is 3. The third kappa shape index (κ3) is 4.68. The second-order valence-electron chi connectivity index (χ2n) is 6.72. The molecule has 9 heteroatoms. The molecule has 1 aliphatic rings. The average molecular weight is 433 g/mol. The SMILES string of the molecule is CCCNc1nc2ccc(C)cn2c(=O)c1/C=C1/SC(=S)N(CCCOC)C1=O. The van der Waals surface area contributed by atoms with Gasteiger partial charge in [-0.15, -0.1) is 0 Å². The molecule has 0 atom stereocenters. The van der Waals surface area contributed by atoms with E-state index in [-0.39, 0.29) is 11.5 Å². The highest BCUT2D eigenvalue weighted by Crippen LogP contribution is 2.33. The van der Waals surface area contributed by atoms with E-state index in [1.807, 2.05) is 26.0 Å². The van der Waals surface area contributed by atoms with Crippen molar-refractivity contribution >= 4 is 51.7 Å². The molecule has 1 N–H and O–H groups in total. The van der Waals surface area contributed by atoms with Crippen LogP contribution in [0.2, 0.25) is 0 Å². The summed E-state index contributed by atoms with van der Waals surface area (Å²) in [6, 6.07) is 3.73. The zero-order valence-electron chi connectivity index (χ0n) is 16.7. The van der Waals surface area contributed by atoms with Crippen LogP contribution in [0.1, 0.15) is 30.9 Å². The summed E-state index contributed by atoms with van der Waals surface area (Å²) in [5.74, 6) is 0.289. The number of amides is 1. The molecule has 1 amide bonds. The summed E-state index contributed by atoms with van der Waals surface area (Å²) in [6.07, 6.45) is 4.94. The van der Waals surface area contributed by atoms with E-state index in [4.69, 9.17) is 17.0 Å². The first-order chi connectivity index (χ1) is 14.0. The highest BCUT2D eigenvalue weighted by Gasteiger charge is 2.32. The van der Waals surface area contributed by atoms with Gasteiger partial charge in [-0.3, -0.25) is 18.9 Å². The van der Waals surface area contributed by atoms with Gasteiger partial charge >= 0.3 is 0 Å². The second kappa shape index (κ2) is 9.51. The molecule has 0 aliphatic carbocycles. The Balaban J connectivity index is 2.03. The first-order valence-electron chi connectivity index (χ1n) is 9.47. The zero-order valence-corrected chi connectivity index (χ0v) is 18.4. The van der Waals surface area contributed by atoms with Crippen LogP contribution in [0.15, 0.2) is 28.0 Å². The number of anilines is 1. The predicted octanol–water partition coefficient (Wildman–Crippen LogP) is 3.06. The van der Waals surface area contributed by atoms with Gasteiger partial charge in [-0.05, 0) is 37.5 Å². The van der Waals surface area contributed by atoms with Gasteiger partial charge < -0.3 is 10.1 Å². The lowest BCUT2D eigenvalue weighted by Crippen LogP contribution is -2.29. The average Bonchev–Trinajstić information content (AvgIpc) is 2.97. The van der Waals surface area contributed by atoms with Crippen molar-refractivity contribution in [3.8, 4) is 0 Å². The van der Waals surface area contributed by atoms with Crippen LogP contribution in [0.3, 0.4) is 0 Å². The van der Waals surface area contributed by atoms with Crippen LogP contribution in [-0.2, 0) is 9.53 Å². The molecule has 0 spiro atoms. The summed E-state index contributed by atoms with van der Waals surface area (Å²) in [7, 11) is 1.62. The monoisotopic (exact) mass is 432 g/mol. The Hall–Kier alpha value is -2.23. The van der Waals surface area contributed by atoms with Gasteiger partial charge in [-0.1, -0.05) is 37.0 Å². The quantitative estimate of drug-likeness (QED) is 0.390. The second-order valence-corrected chi connectivity index (χ2v) is 8.40. The number of aryl methyl sites for hydroxylation is 1. The van der Waals surface area contributed by atoms with E-state index in [9.17, 15) is 9.59 Å². The number of ether oxygens (including phenoxy) is 1. The molecule has 0 saturated carbocycles. The van der Waals surface area contributed by atoms with Gasteiger partial charge in [0.25, 0.3) is 11.5 Å². The number of aromatic nitrogens is 2. The van der Waals surface area contributed by atoms with Crippen LogP contribution in [0.5, 0.6) is 0 Å². The van der Waals surface area contributed by atoms with Crippen molar-refractivity contribution in [1.29, 1.82) is 0 Å². The lowest BCUT2D eigenvalue weighted by molar-refractivity contribution is -0.122. The molecule has 1 aliphatic heterocycles. The van der Waals surface area contributed by atoms with E-state index in [2.05, 4.69) is 10.3 Å². The first-order valence-corrected chi connectivity index (χ1v) is 10.7. The number of carbonyl (C=O) groups is 1. The topological polar surface area (TPSA) is 75.9 Å². The van der Waals surface area contributed by atoms with Crippen molar-refractivity contribution in [3.63, 3.8) is 0 Å². The number of nitrogens with one attached hydrogen (secondary N) is 1. The van der Waals surface area contributed by atoms with Gasteiger partial charge in [-0.25, -0.2) is 4.98 Å². The minimum Gasteiger partial charge on any atom is -0.385 e. The molecule has 154 valence electrons. The van der Waals surface area contributed by atoms with E-state index >= 15 is 0 Å². The molecule has 2 aromatic heterocycles. The Bertz CT molecular complexity index is 1030. The fourth-order valence-corrected chi connectivity index (χ4v) is 4.25. The largest absolute Gasteiger partial charge is 0.385 e. The molecule has 3 heterocycles.